The van der Waals surface area contributed by atoms with Gasteiger partial charge in [0.1, 0.15) is 17.3 Å². The molecule has 10 heteroatoms. The first-order chi connectivity index (χ1) is 14.5. The van der Waals surface area contributed by atoms with Gasteiger partial charge < -0.3 is 9.47 Å². The van der Waals surface area contributed by atoms with Crippen molar-refractivity contribution in [1.29, 1.82) is 0 Å². The molecule has 0 saturated heterocycles. The minimum atomic E-state index is -0.310. The lowest BCUT2D eigenvalue weighted by atomic mass is 10.2. The van der Waals surface area contributed by atoms with Crippen LogP contribution >= 0.6 is 22.7 Å². The highest BCUT2D eigenvalue weighted by molar-refractivity contribution is 7.21. The van der Waals surface area contributed by atoms with Gasteiger partial charge in [-0.15, -0.1) is 22.7 Å². The standard InChI is InChI=1S/C20H17FN4O3S2/c1-10-15-18(28-3)23-14(8-27-2)24-19(15)30-16(10)17(26)25-20-22-13(9-29-20)11-4-6-12(21)7-5-11/h4-7,9H,8H2,1-3H3,(H,22,25,26). The molecule has 0 radical (unpaired) electrons. The summed E-state index contributed by atoms with van der Waals surface area (Å²) in [5.74, 6) is 0.299. The highest BCUT2D eigenvalue weighted by Crippen LogP contribution is 2.35. The zero-order valence-electron chi connectivity index (χ0n) is 16.4. The number of methoxy groups -OCH3 is 2. The summed E-state index contributed by atoms with van der Waals surface area (Å²) in [5, 5.41) is 5.80. The summed E-state index contributed by atoms with van der Waals surface area (Å²) in [4.78, 5) is 27.3. The van der Waals surface area contributed by atoms with E-state index in [4.69, 9.17) is 9.47 Å². The highest BCUT2D eigenvalue weighted by atomic mass is 32.1. The molecule has 3 heterocycles. The Labute approximate surface area is 179 Å². The van der Waals surface area contributed by atoms with Crippen molar-refractivity contribution in [2.24, 2.45) is 0 Å². The summed E-state index contributed by atoms with van der Waals surface area (Å²) in [6.45, 7) is 2.08. The molecule has 0 saturated carbocycles. The Kier molecular flexibility index (Phi) is 5.71. The van der Waals surface area contributed by atoms with E-state index in [1.54, 1.807) is 19.2 Å². The van der Waals surface area contributed by atoms with Crippen LogP contribution in [0.3, 0.4) is 0 Å². The maximum Gasteiger partial charge on any atom is 0.267 e. The molecule has 0 aliphatic carbocycles. The number of halogens is 1. The third kappa shape index (κ3) is 3.89. The number of anilines is 1. The first-order valence-electron chi connectivity index (χ1n) is 8.86. The second kappa shape index (κ2) is 8.42. The summed E-state index contributed by atoms with van der Waals surface area (Å²) in [6.07, 6.45) is 0. The number of fused-ring (bicyclic) bond motifs is 1. The number of amides is 1. The fourth-order valence-electron chi connectivity index (χ4n) is 2.94. The molecule has 3 aromatic heterocycles. The molecular formula is C20H17FN4O3S2. The van der Waals surface area contributed by atoms with E-state index in [1.165, 1.54) is 41.9 Å². The largest absolute Gasteiger partial charge is 0.480 e. The number of nitrogens with one attached hydrogen (secondary N) is 1. The Hall–Kier alpha value is -2.95. The van der Waals surface area contributed by atoms with Crippen molar-refractivity contribution in [3.8, 4) is 17.1 Å². The molecule has 1 N–H and O–H groups in total. The van der Waals surface area contributed by atoms with Crippen LogP contribution in [0.25, 0.3) is 21.5 Å². The number of hydrogen-bond donors (Lipinski definition) is 1. The monoisotopic (exact) mass is 444 g/mol. The first kappa shape index (κ1) is 20.3. The fourth-order valence-corrected chi connectivity index (χ4v) is 4.74. The van der Waals surface area contributed by atoms with Gasteiger partial charge in [-0.05, 0) is 36.8 Å². The van der Waals surface area contributed by atoms with Crippen LogP contribution in [-0.2, 0) is 11.3 Å². The molecule has 0 atom stereocenters. The molecule has 0 spiro atoms. The Bertz CT molecular complexity index is 1220. The van der Waals surface area contributed by atoms with Gasteiger partial charge in [0, 0.05) is 18.1 Å². The molecular weight excluding hydrogens is 427 g/mol. The zero-order chi connectivity index (χ0) is 21.3. The molecule has 154 valence electrons. The molecule has 4 rings (SSSR count). The lowest BCUT2D eigenvalue weighted by Crippen LogP contribution is -2.11. The molecule has 30 heavy (non-hydrogen) atoms. The number of carbonyl (C=O) groups is 1. The van der Waals surface area contributed by atoms with E-state index in [0.29, 0.717) is 37.6 Å². The third-order valence-corrected chi connectivity index (χ3v) is 6.28. The van der Waals surface area contributed by atoms with E-state index in [0.717, 1.165) is 11.1 Å². The van der Waals surface area contributed by atoms with Gasteiger partial charge in [-0.2, -0.15) is 4.98 Å². The molecule has 1 aromatic carbocycles. The van der Waals surface area contributed by atoms with Gasteiger partial charge in [-0.1, -0.05) is 0 Å². The van der Waals surface area contributed by atoms with E-state index >= 15 is 0 Å². The van der Waals surface area contributed by atoms with E-state index in [2.05, 4.69) is 20.3 Å². The summed E-state index contributed by atoms with van der Waals surface area (Å²) in [6, 6.07) is 6.04. The van der Waals surface area contributed by atoms with Gasteiger partial charge in [0.2, 0.25) is 5.88 Å². The van der Waals surface area contributed by atoms with E-state index in [9.17, 15) is 9.18 Å². The third-order valence-electron chi connectivity index (χ3n) is 4.34. The smallest absolute Gasteiger partial charge is 0.267 e. The molecule has 0 bridgehead atoms. The lowest BCUT2D eigenvalue weighted by Gasteiger charge is -2.05. The average molecular weight is 445 g/mol. The number of thiazole rings is 1. The normalized spacial score (nSPS) is 11.1. The van der Waals surface area contributed by atoms with Crippen LogP contribution in [0.1, 0.15) is 21.1 Å². The van der Waals surface area contributed by atoms with E-state index in [-0.39, 0.29) is 18.3 Å². The summed E-state index contributed by atoms with van der Waals surface area (Å²) < 4.78 is 23.6. The van der Waals surface area contributed by atoms with Gasteiger partial charge in [-0.25, -0.2) is 14.4 Å². The van der Waals surface area contributed by atoms with E-state index in [1.807, 2.05) is 12.3 Å². The van der Waals surface area contributed by atoms with Crippen molar-refractivity contribution in [3.63, 3.8) is 0 Å². The maximum atomic E-state index is 13.1. The SMILES string of the molecule is COCc1nc(OC)c2c(C)c(C(=O)Nc3nc(-c4ccc(F)cc4)cs3)sc2n1. The summed E-state index contributed by atoms with van der Waals surface area (Å²) >= 11 is 2.56. The number of thiophene rings is 1. The predicted molar refractivity (Wildman–Crippen MR) is 115 cm³/mol. The predicted octanol–water partition coefficient (Wildman–Crippen LogP) is 4.67. The van der Waals surface area contributed by atoms with Gasteiger partial charge in [-0.3, -0.25) is 10.1 Å². The quantitative estimate of drug-likeness (QED) is 0.465. The number of benzene rings is 1. The van der Waals surface area contributed by atoms with Gasteiger partial charge in [0.15, 0.2) is 11.0 Å². The Balaban J connectivity index is 1.62. The van der Waals surface area contributed by atoms with Crippen molar-refractivity contribution < 1.29 is 18.7 Å². The number of rotatable bonds is 6. The van der Waals surface area contributed by atoms with E-state index < -0.39 is 0 Å². The second-order valence-corrected chi connectivity index (χ2v) is 8.17. The molecule has 0 aliphatic heterocycles. The number of aryl methyl sites for hydroxylation is 1. The number of nitrogens with zero attached hydrogens (tertiary/aromatic N) is 3. The minimum Gasteiger partial charge on any atom is -0.480 e. The minimum absolute atomic E-state index is 0.246. The van der Waals surface area contributed by atoms with Crippen molar-refractivity contribution >= 4 is 43.9 Å². The van der Waals surface area contributed by atoms with Crippen molar-refractivity contribution in [3.05, 3.63) is 51.7 Å². The average Bonchev–Trinajstić information content (AvgIpc) is 3.33. The molecule has 0 unspecified atom stereocenters. The molecule has 7 nitrogen and oxygen atoms in total. The summed E-state index contributed by atoms with van der Waals surface area (Å²) in [7, 11) is 3.09. The van der Waals surface area contributed by atoms with Crippen LogP contribution in [0.4, 0.5) is 9.52 Å². The number of ether oxygens (including phenoxy) is 2. The molecule has 4 aromatic rings. The lowest BCUT2D eigenvalue weighted by molar-refractivity contribution is 0.103. The van der Waals surface area contributed by atoms with Crippen LogP contribution in [0.15, 0.2) is 29.6 Å². The Morgan fingerprint density at radius 1 is 1.17 bits per heavy atom. The maximum absolute atomic E-state index is 13.1. The van der Waals surface area contributed by atoms with Gasteiger partial charge >= 0.3 is 0 Å². The second-order valence-electron chi connectivity index (χ2n) is 6.32. The van der Waals surface area contributed by atoms with Crippen molar-refractivity contribution in [2.75, 3.05) is 19.5 Å². The zero-order valence-corrected chi connectivity index (χ0v) is 18.0. The fraction of sp³-hybridized carbons (Fsp3) is 0.200. The Morgan fingerprint density at radius 2 is 1.93 bits per heavy atom. The first-order valence-corrected chi connectivity index (χ1v) is 10.6. The number of hydrogen-bond acceptors (Lipinski definition) is 8. The summed E-state index contributed by atoms with van der Waals surface area (Å²) in [5.41, 5.74) is 2.18. The number of aromatic nitrogens is 3. The molecule has 0 aliphatic rings. The molecule has 0 fully saturated rings. The number of carbonyl (C=O) groups excluding carboxylic acids is 1. The van der Waals surface area contributed by atoms with Crippen LogP contribution in [0.2, 0.25) is 0 Å². The van der Waals surface area contributed by atoms with Crippen LogP contribution < -0.4 is 10.1 Å². The Morgan fingerprint density at radius 3 is 2.63 bits per heavy atom. The van der Waals surface area contributed by atoms with Gasteiger partial charge in [0.25, 0.3) is 5.91 Å². The van der Waals surface area contributed by atoms with Crippen LogP contribution in [-0.4, -0.2) is 35.1 Å². The topological polar surface area (TPSA) is 86.2 Å². The van der Waals surface area contributed by atoms with Crippen molar-refractivity contribution in [2.45, 2.75) is 13.5 Å². The molecule has 1 amide bonds. The highest BCUT2D eigenvalue weighted by Gasteiger charge is 2.22. The van der Waals surface area contributed by atoms with Crippen LogP contribution in [0.5, 0.6) is 5.88 Å². The van der Waals surface area contributed by atoms with Crippen LogP contribution in [0, 0.1) is 12.7 Å². The van der Waals surface area contributed by atoms with Crippen molar-refractivity contribution in [1.82, 2.24) is 15.0 Å². The van der Waals surface area contributed by atoms with Gasteiger partial charge in [0.05, 0.1) is 23.1 Å².